The number of carbonyl (C=O) groups excluding carboxylic acids is 2. The Labute approximate surface area is 150 Å². The number of ketones is 1. The average Bonchev–Trinajstić information content (AvgIpc) is 2.99. The second kappa shape index (κ2) is 7.81. The molecular weight excluding hydrogens is 408 g/mol. The first-order valence-corrected chi connectivity index (χ1v) is 8.32. The summed E-state index contributed by atoms with van der Waals surface area (Å²) in [5.74, 6) is -0.114. The van der Waals surface area contributed by atoms with Gasteiger partial charge >= 0.3 is 5.97 Å². The topological polar surface area (TPSA) is 61.8 Å². The van der Waals surface area contributed by atoms with Gasteiger partial charge in [-0.1, -0.05) is 11.6 Å². The molecule has 23 heavy (non-hydrogen) atoms. The Morgan fingerprint density at radius 2 is 1.78 bits per heavy atom. The molecule has 0 unspecified atom stereocenters. The molecule has 0 saturated heterocycles. The van der Waals surface area contributed by atoms with E-state index in [2.05, 4.69) is 15.9 Å². The molecular formula is C15H12BrClO5S. The molecule has 0 aliphatic carbocycles. The Balaban J connectivity index is 2.10. The number of carbonyl (C=O) groups is 2. The van der Waals surface area contributed by atoms with Crippen LogP contribution in [-0.2, 0) is 4.74 Å². The first kappa shape index (κ1) is 17.8. The number of hydrogen-bond donors (Lipinski definition) is 0. The van der Waals surface area contributed by atoms with Crippen LogP contribution in [0.1, 0.15) is 20.0 Å². The number of esters is 1. The van der Waals surface area contributed by atoms with Crippen LogP contribution in [0.4, 0.5) is 0 Å². The quantitative estimate of drug-likeness (QED) is 0.518. The van der Waals surface area contributed by atoms with Gasteiger partial charge in [0.05, 0.1) is 29.0 Å². The zero-order chi connectivity index (χ0) is 17.0. The van der Waals surface area contributed by atoms with Crippen molar-refractivity contribution >= 4 is 50.6 Å². The van der Waals surface area contributed by atoms with Gasteiger partial charge in [0.15, 0.2) is 6.61 Å². The number of rotatable bonds is 6. The Morgan fingerprint density at radius 3 is 2.26 bits per heavy atom. The van der Waals surface area contributed by atoms with Crippen molar-refractivity contribution < 1.29 is 23.8 Å². The number of Topliss-reactive ketones (excluding diaryl/α,β-unsaturated/α-hetero) is 1. The van der Waals surface area contributed by atoms with E-state index in [1.165, 1.54) is 26.4 Å². The fraction of sp³-hybridized carbons (Fsp3) is 0.200. The van der Waals surface area contributed by atoms with Crippen LogP contribution in [0.3, 0.4) is 0 Å². The summed E-state index contributed by atoms with van der Waals surface area (Å²) < 4.78 is 16.5. The second-order valence-electron chi connectivity index (χ2n) is 4.30. The highest BCUT2D eigenvalue weighted by Crippen LogP contribution is 2.35. The van der Waals surface area contributed by atoms with E-state index < -0.39 is 5.97 Å². The van der Waals surface area contributed by atoms with E-state index in [1.807, 2.05) is 0 Å². The minimum atomic E-state index is -0.648. The molecule has 0 spiro atoms. The summed E-state index contributed by atoms with van der Waals surface area (Å²) in [6, 6.07) is 6.21. The monoisotopic (exact) mass is 418 g/mol. The van der Waals surface area contributed by atoms with Crippen molar-refractivity contribution in [2.75, 3.05) is 20.8 Å². The van der Waals surface area contributed by atoms with Gasteiger partial charge in [-0.25, -0.2) is 4.79 Å². The molecule has 0 atom stereocenters. The van der Waals surface area contributed by atoms with Gasteiger partial charge in [0.1, 0.15) is 16.0 Å². The minimum absolute atomic E-state index is 0.221. The van der Waals surface area contributed by atoms with Crippen LogP contribution in [-0.4, -0.2) is 32.6 Å². The average molecular weight is 420 g/mol. The maximum Gasteiger partial charge on any atom is 0.338 e. The third kappa shape index (κ3) is 4.25. The van der Waals surface area contributed by atoms with Gasteiger partial charge in [-0.2, -0.15) is 0 Å². The predicted octanol–water partition coefficient (Wildman–Crippen LogP) is 4.22. The van der Waals surface area contributed by atoms with Crippen LogP contribution >= 0.6 is 38.9 Å². The lowest BCUT2D eigenvalue weighted by atomic mass is 10.2. The van der Waals surface area contributed by atoms with Crippen LogP contribution in [0.5, 0.6) is 11.5 Å². The molecule has 122 valence electrons. The molecule has 1 aromatic carbocycles. The van der Waals surface area contributed by atoms with Crippen molar-refractivity contribution in [2.45, 2.75) is 0 Å². The normalized spacial score (nSPS) is 10.3. The summed E-state index contributed by atoms with van der Waals surface area (Å²) in [7, 11) is 2.94. The van der Waals surface area contributed by atoms with Crippen molar-refractivity contribution in [3.63, 3.8) is 0 Å². The van der Waals surface area contributed by atoms with Crippen molar-refractivity contribution in [2.24, 2.45) is 0 Å². The molecule has 0 N–H and O–H groups in total. The molecule has 0 amide bonds. The lowest BCUT2D eigenvalue weighted by molar-refractivity contribution is 0.0475. The maximum atomic E-state index is 12.1. The standard InChI is InChI=1S/C15H12BrClO5S/c1-20-10-5-8(6-11(21-2)14(10)16)15(19)22-7-9(18)12-3-4-13(17)23-12/h3-6H,7H2,1-2H3. The Kier molecular flexibility index (Phi) is 6.04. The van der Waals surface area contributed by atoms with E-state index in [1.54, 1.807) is 12.1 Å². The summed E-state index contributed by atoms with van der Waals surface area (Å²) in [4.78, 5) is 24.5. The van der Waals surface area contributed by atoms with Crippen molar-refractivity contribution in [1.29, 1.82) is 0 Å². The maximum absolute atomic E-state index is 12.1. The second-order valence-corrected chi connectivity index (χ2v) is 6.81. The highest BCUT2D eigenvalue weighted by atomic mass is 79.9. The van der Waals surface area contributed by atoms with Crippen molar-refractivity contribution in [1.82, 2.24) is 0 Å². The fourth-order valence-electron chi connectivity index (χ4n) is 1.74. The van der Waals surface area contributed by atoms with Crippen LogP contribution in [0.15, 0.2) is 28.7 Å². The van der Waals surface area contributed by atoms with E-state index in [4.69, 9.17) is 25.8 Å². The van der Waals surface area contributed by atoms with Gasteiger partial charge in [-0.05, 0) is 40.2 Å². The molecule has 0 aliphatic rings. The fourth-order valence-corrected chi connectivity index (χ4v) is 3.26. The van der Waals surface area contributed by atoms with Crippen molar-refractivity contribution in [3.05, 3.63) is 43.5 Å². The van der Waals surface area contributed by atoms with Crippen molar-refractivity contribution in [3.8, 4) is 11.5 Å². The summed E-state index contributed by atoms with van der Waals surface area (Å²) in [6.07, 6.45) is 0. The van der Waals surface area contributed by atoms with Gasteiger partial charge in [0.25, 0.3) is 0 Å². The van der Waals surface area contributed by atoms with Gasteiger partial charge < -0.3 is 14.2 Å². The smallest absolute Gasteiger partial charge is 0.338 e. The number of halogens is 2. The first-order chi connectivity index (χ1) is 11.0. The number of benzene rings is 1. The van der Waals surface area contributed by atoms with Crippen LogP contribution in [0.25, 0.3) is 0 Å². The molecule has 1 heterocycles. The van der Waals surface area contributed by atoms with E-state index in [0.29, 0.717) is 25.2 Å². The molecule has 5 nitrogen and oxygen atoms in total. The first-order valence-electron chi connectivity index (χ1n) is 6.33. The molecule has 0 radical (unpaired) electrons. The van der Waals surface area contributed by atoms with Gasteiger partial charge in [-0.3, -0.25) is 4.79 Å². The lowest BCUT2D eigenvalue weighted by Gasteiger charge is -2.11. The van der Waals surface area contributed by atoms with Gasteiger partial charge in [0.2, 0.25) is 5.78 Å². The van der Waals surface area contributed by atoms with E-state index in [0.717, 1.165) is 11.3 Å². The van der Waals surface area contributed by atoms with E-state index >= 15 is 0 Å². The molecule has 0 fully saturated rings. The predicted molar refractivity (Wildman–Crippen MR) is 91.2 cm³/mol. The number of ether oxygens (including phenoxy) is 3. The SMILES string of the molecule is COc1cc(C(=O)OCC(=O)c2ccc(Cl)s2)cc(OC)c1Br. The number of hydrogen-bond acceptors (Lipinski definition) is 6. The Bertz CT molecular complexity index is 718. The van der Waals surface area contributed by atoms with Crippen LogP contribution in [0, 0.1) is 0 Å². The van der Waals surface area contributed by atoms with E-state index in [9.17, 15) is 9.59 Å². The zero-order valence-electron chi connectivity index (χ0n) is 12.2. The summed E-state index contributed by atoms with van der Waals surface area (Å²) in [5.41, 5.74) is 0.221. The molecule has 2 rings (SSSR count). The van der Waals surface area contributed by atoms with Gasteiger partial charge in [0, 0.05) is 0 Å². The molecule has 0 bridgehead atoms. The third-order valence-corrected chi connectivity index (χ3v) is 4.92. The summed E-state index contributed by atoms with van der Waals surface area (Å²) in [6.45, 7) is -0.365. The van der Waals surface area contributed by atoms with E-state index in [-0.39, 0.29) is 18.0 Å². The summed E-state index contributed by atoms with van der Waals surface area (Å²) in [5, 5.41) is 0. The molecule has 0 saturated carbocycles. The summed E-state index contributed by atoms with van der Waals surface area (Å²) >= 11 is 10.2. The molecule has 0 aliphatic heterocycles. The van der Waals surface area contributed by atoms with Crippen LogP contribution < -0.4 is 9.47 Å². The molecule has 8 heteroatoms. The Morgan fingerprint density at radius 1 is 1.17 bits per heavy atom. The largest absolute Gasteiger partial charge is 0.495 e. The molecule has 2 aromatic rings. The lowest BCUT2D eigenvalue weighted by Crippen LogP contribution is -2.13. The third-order valence-electron chi connectivity index (χ3n) is 2.86. The highest BCUT2D eigenvalue weighted by Gasteiger charge is 2.17. The van der Waals surface area contributed by atoms with Gasteiger partial charge in [-0.15, -0.1) is 11.3 Å². The highest BCUT2D eigenvalue weighted by molar-refractivity contribution is 9.10. The van der Waals surface area contributed by atoms with Crippen LogP contribution in [0.2, 0.25) is 4.34 Å². The Hall–Kier alpha value is -1.57. The molecule has 1 aromatic heterocycles. The number of thiophene rings is 1. The number of methoxy groups -OCH3 is 2. The minimum Gasteiger partial charge on any atom is -0.495 e. The zero-order valence-corrected chi connectivity index (χ0v) is 15.4.